The largest absolute Gasteiger partial charge is 0.462 e. The minimum absolute atomic E-state index is 0.0627. The van der Waals surface area contributed by atoms with Gasteiger partial charge in [-0.2, -0.15) is 0 Å². The summed E-state index contributed by atoms with van der Waals surface area (Å²) in [4.78, 5) is 38.9. The number of nitrogens with zero attached hydrogens (tertiary/aromatic N) is 2. The van der Waals surface area contributed by atoms with E-state index in [0.29, 0.717) is 28.6 Å². The second-order valence-electron chi connectivity index (χ2n) is 7.65. The Hall–Kier alpha value is -3.40. The molecule has 0 aromatic heterocycles. The van der Waals surface area contributed by atoms with Crippen LogP contribution >= 0.6 is 0 Å². The van der Waals surface area contributed by atoms with Gasteiger partial charge in [0.1, 0.15) is 6.54 Å². The Morgan fingerprint density at radius 2 is 1.61 bits per heavy atom. The van der Waals surface area contributed by atoms with Crippen molar-refractivity contribution in [3.8, 4) is 0 Å². The third-order valence-corrected chi connectivity index (χ3v) is 6.90. The highest BCUT2D eigenvalue weighted by atomic mass is 32.2. The number of benzene rings is 2. The zero-order valence-electron chi connectivity index (χ0n) is 18.6. The summed E-state index contributed by atoms with van der Waals surface area (Å²) >= 11 is 0. The fourth-order valence-electron chi connectivity index (χ4n) is 3.39. The van der Waals surface area contributed by atoms with Crippen LogP contribution in [0.1, 0.15) is 35.7 Å². The van der Waals surface area contributed by atoms with Crippen LogP contribution in [-0.4, -0.2) is 61.8 Å². The third-order valence-electron chi connectivity index (χ3n) is 5.17. The monoisotopic (exact) mass is 473 g/mol. The molecule has 1 saturated heterocycles. The van der Waals surface area contributed by atoms with Gasteiger partial charge < -0.3 is 15.0 Å². The summed E-state index contributed by atoms with van der Waals surface area (Å²) in [6, 6.07) is 11.4. The molecule has 1 fully saturated rings. The molecule has 0 spiro atoms. The van der Waals surface area contributed by atoms with Gasteiger partial charge in [0.2, 0.25) is 5.91 Å². The maximum absolute atomic E-state index is 13.3. The summed E-state index contributed by atoms with van der Waals surface area (Å²) in [7, 11) is -4.25. The lowest BCUT2D eigenvalue weighted by Gasteiger charge is -2.27. The molecule has 1 heterocycles. The molecule has 176 valence electrons. The number of rotatable bonds is 7. The Morgan fingerprint density at radius 1 is 1.00 bits per heavy atom. The van der Waals surface area contributed by atoms with Crippen LogP contribution in [0.25, 0.3) is 0 Å². The third kappa shape index (κ3) is 5.89. The number of carbonyl (C=O) groups excluding carboxylic acids is 3. The van der Waals surface area contributed by atoms with Crippen LogP contribution < -0.4 is 5.32 Å². The number of anilines is 1. The molecular weight excluding hydrogens is 446 g/mol. The number of nitrogens with one attached hydrogen (secondary N) is 1. The SMILES string of the molecule is CCOC(=O)c1ccc(NC(=O)CN(C(=O)N2CCCC2)S(=O)(=O)c2ccc(C)cc2)cc1. The van der Waals surface area contributed by atoms with Gasteiger partial charge in [0.25, 0.3) is 10.0 Å². The predicted octanol–water partition coefficient (Wildman–Crippen LogP) is 3.02. The van der Waals surface area contributed by atoms with Gasteiger partial charge in [0, 0.05) is 18.8 Å². The first-order valence-electron chi connectivity index (χ1n) is 10.7. The molecule has 0 unspecified atom stereocenters. The summed E-state index contributed by atoms with van der Waals surface area (Å²) in [6.07, 6.45) is 1.56. The van der Waals surface area contributed by atoms with Crippen molar-refractivity contribution in [2.75, 3.05) is 31.6 Å². The molecule has 0 saturated carbocycles. The van der Waals surface area contributed by atoms with Crippen LogP contribution in [-0.2, 0) is 19.6 Å². The maximum atomic E-state index is 13.3. The average Bonchev–Trinajstić information content (AvgIpc) is 3.33. The van der Waals surface area contributed by atoms with E-state index in [0.717, 1.165) is 18.4 Å². The highest BCUT2D eigenvalue weighted by Crippen LogP contribution is 2.21. The van der Waals surface area contributed by atoms with E-state index in [1.54, 1.807) is 19.1 Å². The number of carbonyl (C=O) groups is 3. The van der Waals surface area contributed by atoms with Gasteiger partial charge in [-0.25, -0.2) is 22.3 Å². The lowest BCUT2D eigenvalue weighted by Crippen LogP contribution is -2.48. The van der Waals surface area contributed by atoms with E-state index in [9.17, 15) is 22.8 Å². The summed E-state index contributed by atoms with van der Waals surface area (Å²) < 4.78 is 32.1. The molecule has 33 heavy (non-hydrogen) atoms. The van der Waals surface area contributed by atoms with E-state index in [1.807, 2.05) is 6.92 Å². The molecule has 9 nitrogen and oxygen atoms in total. The zero-order valence-corrected chi connectivity index (χ0v) is 19.4. The summed E-state index contributed by atoms with van der Waals surface area (Å²) in [5, 5.41) is 2.58. The van der Waals surface area contributed by atoms with Gasteiger partial charge in [0.15, 0.2) is 0 Å². The summed E-state index contributed by atoms with van der Waals surface area (Å²) in [5.74, 6) is -1.16. The molecule has 10 heteroatoms. The van der Waals surface area contributed by atoms with Gasteiger partial charge >= 0.3 is 12.0 Å². The molecule has 3 amide bonds. The molecule has 3 rings (SSSR count). The molecule has 1 aliphatic heterocycles. The second kappa shape index (κ2) is 10.5. The number of aryl methyl sites for hydroxylation is 1. The van der Waals surface area contributed by atoms with Crippen LogP contribution in [0, 0.1) is 6.92 Å². The van der Waals surface area contributed by atoms with Gasteiger partial charge in [-0.05, 0) is 63.1 Å². The van der Waals surface area contributed by atoms with Crippen molar-refractivity contribution in [3.05, 3.63) is 59.7 Å². The minimum Gasteiger partial charge on any atom is -0.462 e. The molecule has 0 atom stereocenters. The number of hydrogen-bond donors (Lipinski definition) is 1. The Bertz CT molecular complexity index is 1110. The highest BCUT2D eigenvalue weighted by molar-refractivity contribution is 7.89. The first-order valence-corrected chi connectivity index (χ1v) is 12.1. The number of hydrogen-bond acceptors (Lipinski definition) is 6. The van der Waals surface area contributed by atoms with E-state index in [4.69, 9.17) is 4.74 Å². The molecule has 0 aliphatic carbocycles. The average molecular weight is 474 g/mol. The van der Waals surface area contributed by atoms with E-state index < -0.39 is 34.5 Å². The number of esters is 1. The Balaban J connectivity index is 1.79. The molecule has 0 bridgehead atoms. The van der Waals surface area contributed by atoms with Crippen LogP contribution in [0.3, 0.4) is 0 Å². The molecule has 2 aromatic carbocycles. The molecular formula is C23H27N3O6S. The highest BCUT2D eigenvalue weighted by Gasteiger charge is 2.35. The molecule has 1 aliphatic rings. The first kappa shape index (κ1) is 24.2. The van der Waals surface area contributed by atoms with E-state index in [-0.39, 0.29) is 11.5 Å². The summed E-state index contributed by atoms with van der Waals surface area (Å²) in [5.41, 5.74) is 1.55. The smallest absolute Gasteiger partial charge is 0.338 e. The first-order chi connectivity index (χ1) is 15.7. The predicted molar refractivity (Wildman–Crippen MR) is 122 cm³/mol. The fraction of sp³-hybridized carbons (Fsp3) is 0.348. The van der Waals surface area contributed by atoms with Gasteiger partial charge in [-0.15, -0.1) is 0 Å². The summed E-state index contributed by atoms with van der Waals surface area (Å²) in [6.45, 7) is 3.97. The Labute approximate surface area is 193 Å². The van der Waals surface area contributed by atoms with E-state index in [1.165, 1.54) is 41.3 Å². The van der Waals surface area contributed by atoms with Crippen LogP contribution in [0.2, 0.25) is 0 Å². The Morgan fingerprint density at radius 3 is 2.18 bits per heavy atom. The van der Waals surface area contributed by atoms with Gasteiger partial charge in [-0.1, -0.05) is 17.7 Å². The second-order valence-corrected chi connectivity index (χ2v) is 9.51. The molecule has 0 radical (unpaired) electrons. The normalized spacial score (nSPS) is 13.5. The van der Waals surface area contributed by atoms with Crippen molar-refractivity contribution in [2.45, 2.75) is 31.6 Å². The lowest BCUT2D eigenvalue weighted by molar-refractivity contribution is -0.116. The van der Waals surface area contributed by atoms with E-state index in [2.05, 4.69) is 5.32 Å². The lowest BCUT2D eigenvalue weighted by atomic mass is 10.2. The quantitative estimate of drug-likeness (QED) is 0.619. The fourth-order valence-corrected chi connectivity index (χ4v) is 4.74. The van der Waals surface area contributed by atoms with Crippen molar-refractivity contribution < 1.29 is 27.5 Å². The van der Waals surface area contributed by atoms with Crippen LogP contribution in [0.4, 0.5) is 10.5 Å². The number of urea groups is 1. The Kier molecular flexibility index (Phi) is 7.70. The number of ether oxygens (including phenoxy) is 1. The van der Waals surface area contributed by atoms with Crippen molar-refractivity contribution in [1.29, 1.82) is 0 Å². The van der Waals surface area contributed by atoms with Crippen molar-refractivity contribution in [1.82, 2.24) is 9.21 Å². The minimum atomic E-state index is -4.25. The van der Waals surface area contributed by atoms with Crippen molar-refractivity contribution in [2.24, 2.45) is 0 Å². The standard InChI is InChI=1S/C23H27N3O6S/c1-3-32-22(28)18-8-10-19(11-9-18)24-21(27)16-26(23(29)25-14-4-5-15-25)33(30,31)20-12-6-17(2)7-13-20/h6-13H,3-5,14-16H2,1-2H3,(H,24,27). The number of amides is 3. The number of likely N-dealkylation sites (tertiary alicyclic amines) is 1. The zero-order chi connectivity index (χ0) is 24.0. The number of sulfonamides is 1. The molecule has 1 N–H and O–H groups in total. The van der Waals surface area contributed by atoms with Crippen LogP contribution in [0.5, 0.6) is 0 Å². The van der Waals surface area contributed by atoms with Crippen LogP contribution in [0.15, 0.2) is 53.4 Å². The maximum Gasteiger partial charge on any atom is 0.338 e. The van der Waals surface area contributed by atoms with Crippen molar-refractivity contribution in [3.63, 3.8) is 0 Å². The van der Waals surface area contributed by atoms with Gasteiger partial charge in [-0.3, -0.25) is 4.79 Å². The van der Waals surface area contributed by atoms with Crippen molar-refractivity contribution >= 4 is 33.6 Å². The molecule has 2 aromatic rings. The van der Waals surface area contributed by atoms with E-state index >= 15 is 0 Å². The van der Waals surface area contributed by atoms with Gasteiger partial charge in [0.05, 0.1) is 17.1 Å². The topological polar surface area (TPSA) is 113 Å².